The van der Waals surface area contributed by atoms with Crippen molar-refractivity contribution < 1.29 is 17.9 Å². The van der Waals surface area contributed by atoms with Crippen molar-refractivity contribution in [3.63, 3.8) is 0 Å². The van der Waals surface area contributed by atoms with Gasteiger partial charge < -0.3 is 10.1 Å². The van der Waals surface area contributed by atoms with Crippen LogP contribution < -0.4 is 5.32 Å². The first-order valence-corrected chi connectivity index (χ1v) is 10.9. The molecule has 1 aliphatic rings. The monoisotopic (exact) mass is 392 g/mol. The molecule has 0 saturated carbocycles. The van der Waals surface area contributed by atoms with E-state index in [0.29, 0.717) is 0 Å². The van der Waals surface area contributed by atoms with Gasteiger partial charge >= 0.3 is 33.3 Å². The average molecular weight is 393 g/mol. The van der Waals surface area contributed by atoms with E-state index in [1.165, 1.54) is 4.90 Å². The Labute approximate surface area is 146 Å². The smallest absolute Gasteiger partial charge is 0.0594 e. The quantitative estimate of drug-likeness (QED) is 0.437. The molecule has 1 saturated heterocycles. The minimum atomic E-state index is 0.194. The van der Waals surface area contributed by atoms with Crippen LogP contribution in [-0.2, 0) is 17.9 Å². The molecule has 1 aromatic carbocycles. The molecule has 1 fully saturated rings. The zero-order chi connectivity index (χ0) is 15.2. The van der Waals surface area contributed by atoms with Crippen LogP contribution in [0.2, 0.25) is 0 Å². The Morgan fingerprint density at radius 1 is 1.14 bits per heavy atom. The van der Waals surface area contributed by atoms with Gasteiger partial charge in [-0.1, -0.05) is 18.2 Å². The third-order valence-corrected chi connectivity index (χ3v) is 4.01. The molecule has 1 N–H and O–H groups in total. The van der Waals surface area contributed by atoms with Gasteiger partial charge in [0, 0.05) is 43.4 Å². The van der Waals surface area contributed by atoms with Gasteiger partial charge in [0.1, 0.15) is 0 Å². The summed E-state index contributed by atoms with van der Waals surface area (Å²) in [5, 5.41) is 3.50. The summed E-state index contributed by atoms with van der Waals surface area (Å²) in [6, 6.07) is 10.6. The maximum absolute atomic E-state index is 5.33. The fourth-order valence-electron chi connectivity index (χ4n) is 1.94. The topological polar surface area (TPSA) is 24.5 Å². The minimum Gasteiger partial charge on any atom is -0.379 e. The van der Waals surface area contributed by atoms with Crippen LogP contribution in [0.5, 0.6) is 0 Å². The third-order valence-electron chi connectivity index (χ3n) is 3.00. The molecular formula is C14H22Cl2FeN2OS. The third kappa shape index (κ3) is 10.8. The van der Waals surface area contributed by atoms with Crippen molar-refractivity contribution in [1.29, 1.82) is 0 Å². The zero-order valence-electron chi connectivity index (χ0n) is 11.9. The first kappa shape index (κ1) is 19.6. The molecule has 0 aliphatic carbocycles. The normalized spacial score (nSPS) is 15.5. The van der Waals surface area contributed by atoms with Gasteiger partial charge in [0.05, 0.1) is 13.2 Å². The number of thioether (sulfide) groups is 1. The van der Waals surface area contributed by atoms with Crippen LogP contribution in [0.3, 0.4) is 0 Å². The van der Waals surface area contributed by atoms with E-state index in [4.69, 9.17) is 24.9 Å². The Kier molecular flexibility index (Phi) is 13.2. The summed E-state index contributed by atoms with van der Waals surface area (Å²) in [5.74, 6) is 1.13. The largest absolute Gasteiger partial charge is 0.379 e. The van der Waals surface area contributed by atoms with Gasteiger partial charge in [0.25, 0.3) is 0 Å². The van der Waals surface area contributed by atoms with Gasteiger partial charge in [0.2, 0.25) is 0 Å². The van der Waals surface area contributed by atoms with E-state index in [2.05, 4.69) is 40.5 Å². The average Bonchev–Trinajstić information content (AvgIpc) is 2.53. The molecule has 0 bridgehead atoms. The van der Waals surface area contributed by atoms with Gasteiger partial charge in [-0.2, -0.15) is 0 Å². The molecule has 1 aliphatic heterocycles. The number of hydrogen-bond donors (Lipinski definition) is 1. The second-order valence-corrected chi connectivity index (χ2v) is 7.41. The molecule has 0 aromatic heterocycles. The summed E-state index contributed by atoms with van der Waals surface area (Å²) in [5.41, 5.74) is 0. The number of halogens is 2. The molecule has 2 rings (SSSR count). The van der Waals surface area contributed by atoms with Crippen LogP contribution in [0.1, 0.15) is 0 Å². The predicted molar refractivity (Wildman–Crippen MR) is 89.0 cm³/mol. The standard InChI is InChI=1S/C14H22N2OS.2ClH.Fe/c1-2-4-14(5-3-1)18-13-7-15-6-8-16-9-11-17-12-10-16;;;/h1-5,15H,6-13H2;2*1H;/q;;;+2/p-2. The number of nitrogens with zero attached hydrogens (tertiary/aromatic N) is 1. The number of hydrogen-bond acceptors (Lipinski definition) is 4. The first-order chi connectivity index (χ1) is 10.4. The number of nitrogens with one attached hydrogen (secondary N) is 1. The van der Waals surface area contributed by atoms with Gasteiger partial charge in [-0.05, 0) is 12.1 Å². The molecule has 1 heterocycles. The predicted octanol–water partition coefficient (Wildman–Crippen LogP) is 3.08. The second-order valence-electron chi connectivity index (χ2n) is 4.42. The number of morpholine rings is 1. The summed E-state index contributed by atoms with van der Waals surface area (Å²) in [6.07, 6.45) is 0. The Bertz CT molecular complexity index is 343. The molecule has 0 unspecified atom stereocenters. The summed E-state index contributed by atoms with van der Waals surface area (Å²) < 4.78 is 5.33. The van der Waals surface area contributed by atoms with Crippen molar-refractivity contribution in [3.05, 3.63) is 30.3 Å². The molecular weight excluding hydrogens is 371 g/mol. The molecule has 0 amide bonds. The van der Waals surface area contributed by atoms with Crippen molar-refractivity contribution in [1.82, 2.24) is 10.2 Å². The number of rotatable bonds is 7. The van der Waals surface area contributed by atoms with Crippen molar-refractivity contribution in [2.45, 2.75) is 4.90 Å². The molecule has 0 atom stereocenters. The zero-order valence-corrected chi connectivity index (χ0v) is 15.3. The Morgan fingerprint density at radius 2 is 1.81 bits per heavy atom. The molecule has 3 nitrogen and oxygen atoms in total. The number of benzene rings is 1. The van der Waals surface area contributed by atoms with Crippen LogP contribution >= 0.6 is 32.0 Å². The fourth-order valence-corrected chi connectivity index (χ4v) is 2.78. The summed E-state index contributed by atoms with van der Waals surface area (Å²) in [6.45, 7) is 7.24. The van der Waals surface area contributed by atoms with E-state index in [9.17, 15) is 0 Å². The van der Waals surface area contributed by atoms with Crippen LogP contribution in [-0.4, -0.2) is 56.6 Å². The Hall–Kier alpha value is 0.549. The Morgan fingerprint density at radius 3 is 2.48 bits per heavy atom. The van der Waals surface area contributed by atoms with Crippen LogP contribution in [0.4, 0.5) is 0 Å². The van der Waals surface area contributed by atoms with Crippen molar-refractivity contribution >= 4 is 32.0 Å². The van der Waals surface area contributed by atoms with E-state index in [-0.39, 0.29) is 13.1 Å². The van der Waals surface area contributed by atoms with E-state index < -0.39 is 0 Å². The minimum absolute atomic E-state index is 0.194. The van der Waals surface area contributed by atoms with E-state index in [0.717, 1.165) is 51.7 Å². The Balaban J connectivity index is 0.000000677. The fraction of sp³-hybridized carbons (Fsp3) is 0.571. The van der Waals surface area contributed by atoms with Gasteiger partial charge in [0.15, 0.2) is 0 Å². The summed E-state index contributed by atoms with van der Waals surface area (Å²) in [4.78, 5) is 3.81. The molecule has 0 spiro atoms. The van der Waals surface area contributed by atoms with Gasteiger partial charge in [-0.3, -0.25) is 4.90 Å². The molecule has 7 heteroatoms. The van der Waals surface area contributed by atoms with Crippen LogP contribution in [0, 0.1) is 0 Å². The second kappa shape index (κ2) is 14.2. The molecule has 0 radical (unpaired) electrons. The van der Waals surface area contributed by atoms with E-state index >= 15 is 0 Å². The summed E-state index contributed by atoms with van der Waals surface area (Å²) >= 11 is 2.10. The number of ether oxygens (including phenoxy) is 1. The van der Waals surface area contributed by atoms with Crippen molar-refractivity contribution in [3.8, 4) is 0 Å². The van der Waals surface area contributed by atoms with Gasteiger partial charge in [-0.25, -0.2) is 0 Å². The maximum atomic E-state index is 5.33. The van der Waals surface area contributed by atoms with Crippen LogP contribution in [0.25, 0.3) is 0 Å². The van der Waals surface area contributed by atoms with E-state index in [1.807, 2.05) is 11.8 Å². The van der Waals surface area contributed by atoms with Crippen molar-refractivity contribution in [2.75, 3.05) is 51.7 Å². The van der Waals surface area contributed by atoms with Gasteiger partial charge in [-0.15, -0.1) is 11.8 Å². The molecule has 21 heavy (non-hydrogen) atoms. The SMILES string of the molecule is [Cl][Fe][Cl].c1ccc(SCCNCCN2CCOCC2)cc1. The summed E-state index contributed by atoms with van der Waals surface area (Å²) in [7, 11) is 9.53. The first-order valence-electron chi connectivity index (χ1n) is 6.90. The maximum Gasteiger partial charge on any atom is 0.0594 e. The molecule has 122 valence electrons. The van der Waals surface area contributed by atoms with Crippen LogP contribution in [0.15, 0.2) is 35.2 Å². The van der Waals surface area contributed by atoms with E-state index in [1.54, 1.807) is 0 Å². The molecule has 1 aromatic rings. The van der Waals surface area contributed by atoms with Crippen molar-refractivity contribution in [2.24, 2.45) is 0 Å².